The Labute approximate surface area is 170 Å². The van der Waals surface area contributed by atoms with Crippen LogP contribution in [0, 0.1) is 5.92 Å². The molecule has 2 aromatic heterocycles. The first kappa shape index (κ1) is 18.6. The van der Waals surface area contributed by atoms with E-state index in [0.29, 0.717) is 11.6 Å². The summed E-state index contributed by atoms with van der Waals surface area (Å²) in [5, 5.41) is 3.74. The molecule has 0 bridgehead atoms. The Kier molecular flexibility index (Phi) is 5.63. The number of carbonyl (C=O) groups is 1. The number of rotatable bonds is 5. The molecule has 1 N–H and O–H groups in total. The maximum absolute atomic E-state index is 12.6. The maximum Gasteiger partial charge on any atom is 0.223 e. The number of amides is 1. The SMILES string of the molecule is O=C(NCc1cccc(Cl)c1)C1CCN(c2ncccc2-n2cccc2)CC1. The van der Waals surface area contributed by atoms with Gasteiger partial charge in [-0.3, -0.25) is 4.79 Å². The van der Waals surface area contributed by atoms with Gasteiger partial charge in [-0.15, -0.1) is 0 Å². The van der Waals surface area contributed by atoms with Crippen molar-refractivity contribution in [2.45, 2.75) is 19.4 Å². The molecule has 1 aliphatic rings. The number of pyridine rings is 1. The van der Waals surface area contributed by atoms with Crippen LogP contribution in [0.5, 0.6) is 0 Å². The molecule has 1 aromatic carbocycles. The van der Waals surface area contributed by atoms with Gasteiger partial charge in [-0.1, -0.05) is 23.7 Å². The Morgan fingerprint density at radius 1 is 1.11 bits per heavy atom. The number of carbonyl (C=O) groups excluding carboxylic acids is 1. The summed E-state index contributed by atoms with van der Waals surface area (Å²) in [7, 11) is 0. The summed E-state index contributed by atoms with van der Waals surface area (Å²) in [5.74, 6) is 1.12. The van der Waals surface area contributed by atoms with Gasteiger partial charge in [0.2, 0.25) is 5.91 Å². The molecule has 3 aromatic rings. The van der Waals surface area contributed by atoms with Crippen LogP contribution >= 0.6 is 11.6 Å². The highest BCUT2D eigenvalue weighted by Gasteiger charge is 2.26. The van der Waals surface area contributed by atoms with E-state index >= 15 is 0 Å². The van der Waals surface area contributed by atoms with Gasteiger partial charge in [0, 0.05) is 49.2 Å². The van der Waals surface area contributed by atoms with E-state index in [-0.39, 0.29) is 11.8 Å². The second-order valence-electron chi connectivity index (χ2n) is 7.05. The molecule has 1 saturated heterocycles. The lowest BCUT2D eigenvalue weighted by Crippen LogP contribution is -2.41. The third-order valence-electron chi connectivity index (χ3n) is 5.17. The van der Waals surface area contributed by atoms with Crippen LogP contribution < -0.4 is 10.2 Å². The van der Waals surface area contributed by atoms with Crippen molar-refractivity contribution in [2.24, 2.45) is 5.92 Å². The summed E-state index contributed by atoms with van der Waals surface area (Å²) >= 11 is 6.01. The van der Waals surface area contributed by atoms with Gasteiger partial charge in [-0.25, -0.2) is 4.98 Å². The first-order chi connectivity index (χ1) is 13.7. The van der Waals surface area contributed by atoms with Crippen LogP contribution in [0.15, 0.2) is 67.1 Å². The molecular formula is C22H23ClN4O. The molecule has 144 valence electrons. The summed E-state index contributed by atoms with van der Waals surface area (Å²) in [4.78, 5) is 19.4. The van der Waals surface area contributed by atoms with Crippen LogP contribution in [0.25, 0.3) is 5.69 Å². The number of piperidine rings is 1. The minimum atomic E-state index is 0.0363. The third kappa shape index (κ3) is 4.20. The summed E-state index contributed by atoms with van der Waals surface area (Å²) in [5.41, 5.74) is 2.08. The average molecular weight is 395 g/mol. The maximum atomic E-state index is 12.6. The van der Waals surface area contributed by atoms with Gasteiger partial charge in [0.25, 0.3) is 0 Å². The van der Waals surface area contributed by atoms with Gasteiger partial charge < -0.3 is 14.8 Å². The molecule has 4 rings (SSSR count). The second-order valence-corrected chi connectivity index (χ2v) is 7.48. The average Bonchev–Trinajstić information content (AvgIpc) is 3.27. The van der Waals surface area contributed by atoms with E-state index in [1.165, 1.54) is 0 Å². The first-order valence-corrected chi connectivity index (χ1v) is 9.94. The molecule has 0 saturated carbocycles. The largest absolute Gasteiger partial charge is 0.355 e. The lowest BCUT2D eigenvalue weighted by molar-refractivity contribution is -0.125. The number of nitrogens with zero attached hydrogens (tertiary/aromatic N) is 3. The van der Waals surface area contributed by atoms with Gasteiger partial charge in [-0.2, -0.15) is 0 Å². The minimum Gasteiger partial charge on any atom is -0.355 e. The lowest BCUT2D eigenvalue weighted by Gasteiger charge is -2.33. The zero-order valence-corrected chi connectivity index (χ0v) is 16.3. The Balaban J connectivity index is 1.36. The van der Waals surface area contributed by atoms with Crippen LogP contribution in [0.4, 0.5) is 5.82 Å². The van der Waals surface area contributed by atoms with E-state index in [0.717, 1.165) is 43.0 Å². The summed E-state index contributed by atoms with van der Waals surface area (Å²) in [6.45, 7) is 2.15. The number of benzene rings is 1. The van der Waals surface area contributed by atoms with E-state index in [2.05, 4.69) is 25.8 Å². The van der Waals surface area contributed by atoms with Crippen molar-refractivity contribution in [3.63, 3.8) is 0 Å². The van der Waals surface area contributed by atoms with Crippen LogP contribution in [0.1, 0.15) is 18.4 Å². The Bertz CT molecular complexity index is 933. The molecule has 1 aliphatic heterocycles. The number of nitrogens with one attached hydrogen (secondary N) is 1. The van der Waals surface area contributed by atoms with Crippen molar-refractivity contribution < 1.29 is 4.79 Å². The van der Waals surface area contributed by atoms with Gasteiger partial charge in [0.15, 0.2) is 5.82 Å². The van der Waals surface area contributed by atoms with Crippen molar-refractivity contribution >= 4 is 23.3 Å². The van der Waals surface area contributed by atoms with E-state index in [1.807, 2.05) is 61.1 Å². The highest BCUT2D eigenvalue weighted by molar-refractivity contribution is 6.30. The highest BCUT2D eigenvalue weighted by Crippen LogP contribution is 2.27. The molecule has 28 heavy (non-hydrogen) atoms. The monoisotopic (exact) mass is 394 g/mol. The summed E-state index contributed by atoms with van der Waals surface area (Å²) in [6, 6.07) is 15.6. The van der Waals surface area contributed by atoms with Gasteiger partial charge in [-0.05, 0) is 54.8 Å². The molecule has 0 unspecified atom stereocenters. The van der Waals surface area contributed by atoms with Crippen LogP contribution in [0.2, 0.25) is 5.02 Å². The zero-order chi connectivity index (χ0) is 19.3. The minimum absolute atomic E-state index is 0.0363. The number of aromatic nitrogens is 2. The molecule has 1 amide bonds. The zero-order valence-electron chi connectivity index (χ0n) is 15.6. The van der Waals surface area contributed by atoms with Gasteiger partial charge in [0.1, 0.15) is 0 Å². The molecule has 1 fully saturated rings. The van der Waals surface area contributed by atoms with Crippen LogP contribution in [0.3, 0.4) is 0 Å². The van der Waals surface area contributed by atoms with Crippen LogP contribution in [-0.2, 0) is 11.3 Å². The predicted molar refractivity (Wildman–Crippen MR) is 112 cm³/mol. The van der Waals surface area contributed by atoms with Crippen molar-refractivity contribution in [3.8, 4) is 5.69 Å². The fourth-order valence-electron chi connectivity index (χ4n) is 3.66. The molecule has 3 heterocycles. The van der Waals surface area contributed by atoms with Crippen molar-refractivity contribution in [1.29, 1.82) is 0 Å². The van der Waals surface area contributed by atoms with Crippen molar-refractivity contribution in [3.05, 3.63) is 77.7 Å². The van der Waals surface area contributed by atoms with Crippen LogP contribution in [-0.4, -0.2) is 28.5 Å². The molecule has 0 aliphatic carbocycles. The summed E-state index contributed by atoms with van der Waals surface area (Å²) < 4.78 is 2.08. The number of halogens is 1. The number of anilines is 1. The van der Waals surface area contributed by atoms with E-state index in [1.54, 1.807) is 0 Å². The number of hydrogen-bond acceptors (Lipinski definition) is 3. The Morgan fingerprint density at radius 2 is 1.89 bits per heavy atom. The number of hydrogen-bond donors (Lipinski definition) is 1. The fraction of sp³-hybridized carbons (Fsp3) is 0.273. The van der Waals surface area contributed by atoms with E-state index < -0.39 is 0 Å². The standard InChI is InChI=1S/C22H23ClN4O/c23-19-6-3-5-17(15-19)16-25-22(28)18-8-13-27(14-9-18)21-20(7-4-10-24-21)26-11-1-2-12-26/h1-7,10-12,15,18H,8-9,13-14,16H2,(H,25,28). The molecule has 0 radical (unpaired) electrons. The molecule has 5 nitrogen and oxygen atoms in total. The highest BCUT2D eigenvalue weighted by atomic mass is 35.5. The van der Waals surface area contributed by atoms with Gasteiger partial charge in [0.05, 0.1) is 5.69 Å². The lowest BCUT2D eigenvalue weighted by atomic mass is 9.95. The Morgan fingerprint density at radius 3 is 2.64 bits per heavy atom. The normalized spacial score (nSPS) is 14.8. The van der Waals surface area contributed by atoms with Crippen molar-refractivity contribution in [1.82, 2.24) is 14.9 Å². The molecule has 0 spiro atoms. The quantitative estimate of drug-likeness (QED) is 0.710. The third-order valence-corrected chi connectivity index (χ3v) is 5.40. The fourth-order valence-corrected chi connectivity index (χ4v) is 3.88. The summed E-state index contributed by atoms with van der Waals surface area (Å²) in [6.07, 6.45) is 7.52. The predicted octanol–water partition coefficient (Wildman–Crippen LogP) is 4.06. The smallest absolute Gasteiger partial charge is 0.223 e. The topological polar surface area (TPSA) is 50.2 Å². The van der Waals surface area contributed by atoms with E-state index in [4.69, 9.17) is 11.6 Å². The molecule has 6 heteroatoms. The molecular weight excluding hydrogens is 372 g/mol. The van der Waals surface area contributed by atoms with E-state index in [9.17, 15) is 4.79 Å². The first-order valence-electron chi connectivity index (χ1n) is 9.56. The van der Waals surface area contributed by atoms with Crippen molar-refractivity contribution in [2.75, 3.05) is 18.0 Å². The molecule has 0 atom stereocenters. The van der Waals surface area contributed by atoms with Gasteiger partial charge >= 0.3 is 0 Å². The Hall–Kier alpha value is -2.79. The second kappa shape index (κ2) is 8.48.